The summed E-state index contributed by atoms with van der Waals surface area (Å²) in [5.74, 6) is 0.0616. The highest BCUT2D eigenvalue weighted by molar-refractivity contribution is 9.10. The third-order valence-corrected chi connectivity index (χ3v) is 5.52. The van der Waals surface area contributed by atoms with Gasteiger partial charge in [0, 0.05) is 4.47 Å². The normalized spacial score (nSPS) is 14.2. The van der Waals surface area contributed by atoms with Gasteiger partial charge in [0.1, 0.15) is 17.3 Å². The van der Waals surface area contributed by atoms with E-state index in [1.54, 1.807) is 12.1 Å². The van der Waals surface area contributed by atoms with E-state index in [1.807, 2.05) is 49.4 Å². The van der Waals surface area contributed by atoms with E-state index in [1.165, 1.54) is 12.1 Å². The number of rotatable bonds is 5. The lowest BCUT2D eigenvalue weighted by molar-refractivity contribution is -0.135. The smallest absolute Gasteiger partial charge is 0.307 e. The highest BCUT2D eigenvalue weighted by Crippen LogP contribution is 2.44. The number of fused-ring (bicyclic) bond motifs is 1. The van der Waals surface area contributed by atoms with E-state index in [-0.39, 0.29) is 12.2 Å². The van der Waals surface area contributed by atoms with Crippen LogP contribution in [0.4, 0.5) is 4.39 Å². The van der Waals surface area contributed by atoms with Crippen molar-refractivity contribution in [3.63, 3.8) is 0 Å². The highest BCUT2D eigenvalue weighted by Gasteiger charge is 2.25. The second-order valence-electron chi connectivity index (χ2n) is 7.05. The molecule has 1 aliphatic carbocycles. The van der Waals surface area contributed by atoms with E-state index in [0.29, 0.717) is 11.5 Å². The molecule has 0 spiro atoms. The zero-order chi connectivity index (χ0) is 21.3. The quantitative estimate of drug-likeness (QED) is 0.434. The molecule has 30 heavy (non-hydrogen) atoms. The maximum Gasteiger partial charge on any atom is 0.307 e. The van der Waals surface area contributed by atoms with Crippen molar-refractivity contribution in [1.29, 1.82) is 0 Å². The van der Waals surface area contributed by atoms with Crippen LogP contribution in [0.5, 0.6) is 11.5 Å². The lowest BCUT2D eigenvalue weighted by atomic mass is 10.0. The van der Waals surface area contributed by atoms with Gasteiger partial charge in [-0.3, -0.25) is 4.79 Å². The van der Waals surface area contributed by atoms with Crippen molar-refractivity contribution in [2.75, 3.05) is 0 Å². The molecular weight excluding hydrogens is 447 g/mol. The maximum atomic E-state index is 13.0. The van der Waals surface area contributed by atoms with Gasteiger partial charge in [-0.05, 0) is 94.9 Å². The zero-order valence-electron chi connectivity index (χ0n) is 16.2. The monoisotopic (exact) mass is 464 g/mol. The zero-order valence-corrected chi connectivity index (χ0v) is 17.7. The Hall–Kier alpha value is -3.18. The third-order valence-electron chi connectivity index (χ3n) is 5.02. The number of ether oxygens (including phenoxy) is 1. The average Bonchev–Trinajstić information content (AvgIpc) is 2.96. The molecule has 0 aliphatic heterocycles. The summed E-state index contributed by atoms with van der Waals surface area (Å²) >= 11 is 3.51. The molecule has 0 atom stereocenters. The summed E-state index contributed by atoms with van der Waals surface area (Å²) in [4.78, 5) is 11.4. The Morgan fingerprint density at radius 1 is 1.00 bits per heavy atom. The summed E-state index contributed by atoms with van der Waals surface area (Å²) in [7, 11) is 0. The minimum Gasteiger partial charge on any atom is -0.481 e. The largest absolute Gasteiger partial charge is 0.481 e. The van der Waals surface area contributed by atoms with E-state index in [2.05, 4.69) is 22.0 Å². The fourth-order valence-corrected chi connectivity index (χ4v) is 3.93. The van der Waals surface area contributed by atoms with E-state index in [9.17, 15) is 14.3 Å². The Labute approximate surface area is 182 Å². The van der Waals surface area contributed by atoms with Gasteiger partial charge >= 0.3 is 5.97 Å². The summed E-state index contributed by atoms with van der Waals surface area (Å²) in [6, 6.07) is 19.4. The molecule has 0 saturated heterocycles. The first-order valence-electron chi connectivity index (χ1n) is 9.38. The molecule has 3 aromatic carbocycles. The number of hydrogen-bond acceptors (Lipinski definition) is 2. The number of carbonyl (C=O) groups is 1. The lowest BCUT2D eigenvalue weighted by Gasteiger charge is -2.07. The summed E-state index contributed by atoms with van der Waals surface area (Å²) in [5, 5.41) is 9.32. The SMILES string of the molecule is CC1=C(CC(=O)O)c2ccc(Br)cc2/C1=C\c1ccc(Oc2ccc(F)cc2)cc1. The molecule has 0 heterocycles. The van der Waals surface area contributed by atoms with E-state index < -0.39 is 5.97 Å². The van der Waals surface area contributed by atoms with Gasteiger partial charge in [0.25, 0.3) is 0 Å². The lowest BCUT2D eigenvalue weighted by Crippen LogP contribution is -1.96. The maximum absolute atomic E-state index is 13.0. The van der Waals surface area contributed by atoms with Gasteiger partial charge in [0.05, 0.1) is 6.42 Å². The molecular formula is C25H18BrFO3. The summed E-state index contributed by atoms with van der Waals surface area (Å²) in [6.07, 6.45) is 2.04. The second kappa shape index (κ2) is 8.28. The van der Waals surface area contributed by atoms with Crippen LogP contribution >= 0.6 is 15.9 Å². The number of hydrogen-bond donors (Lipinski definition) is 1. The van der Waals surface area contributed by atoms with Crippen molar-refractivity contribution in [3.8, 4) is 11.5 Å². The molecule has 4 rings (SSSR count). The van der Waals surface area contributed by atoms with E-state index in [4.69, 9.17) is 4.74 Å². The van der Waals surface area contributed by atoms with E-state index in [0.717, 1.165) is 37.9 Å². The Kier molecular flexibility index (Phi) is 5.55. The Morgan fingerprint density at radius 3 is 2.27 bits per heavy atom. The third kappa shape index (κ3) is 4.21. The van der Waals surface area contributed by atoms with Crippen LogP contribution in [0.3, 0.4) is 0 Å². The summed E-state index contributed by atoms with van der Waals surface area (Å²) < 4.78 is 19.7. The molecule has 1 aliphatic rings. The van der Waals surface area contributed by atoms with Crippen molar-refractivity contribution >= 4 is 39.1 Å². The second-order valence-corrected chi connectivity index (χ2v) is 7.96. The number of aliphatic carboxylic acids is 1. The molecule has 3 aromatic rings. The van der Waals surface area contributed by atoms with Crippen molar-refractivity contribution in [1.82, 2.24) is 0 Å². The van der Waals surface area contributed by atoms with Crippen molar-refractivity contribution in [2.24, 2.45) is 0 Å². The minimum atomic E-state index is -0.846. The fourth-order valence-electron chi connectivity index (χ4n) is 3.57. The van der Waals surface area contributed by atoms with Crippen LogP contribution < -0.4 is 4.74 Å². The first-order valence-corrected chi connectivity index (χ1v) is 10.2. The number of benzene rings is 3. The highest BCUT2D eigenvalue weighted by atomic mass is 79.9. The molecule has 5 heteroatoms. The Morgan fingerprint density at radius 2 is 1.63 bits per heavy atom. The topological polar surface area (TPSA) is 46.5 Å². The van der Waals surface area contributed by atoms with Crippen LogP contribution in [0.1, 0.15) is 30.0 Å². The van der Waals surface area contributed by atoms with Crippen LogP contribution in [0.15, 0.2) is 76.8 Å². The molecule has 3 nitrogen and oxygen atoms in total. The van der Waals surface area contributed by atoms with Crippen LogP contribution in [-0.2, 0) is 4.79 Å². The van der Waals surface area contributed by atoms with Crippen LogP contribution in [-0.4, -0.2) is 11.1 Å². The summed E-state index contributed by atoms with van der Waals surface area (Å²) in [6.45, 7) is 1.96. The van der Waals surface area contributed by atoms with Gasteiger partial charge in [-0.2, -0.15) is 0 Å². The van der Waals surface area contributed by atoms with Gasteiger partial charge in [-0.15, -0.1) is 0 Å². The first kappa shape index (κ1) is 20.1. The molecule has 1 N–H and O–H groups in total. The molecule has 0 unspecified atom stereocenters. The predicted molar refractivity (Wildman–Crippen MR) is 120 cm³/mol. The molecule has 150 valence electrons. The molecule has 0 radical (unpaired) electrons. The van der Waals surface area contributed by atoms with Gasteiger partial charge in [0.15, 0.2) is 0 Å². The van der Waals surface area contributed by atoms with Crippen LogP contribution in [0.25, 0.3) is 17.2 Å². The predicted octanol–water partition coefficient (Wildman–Crippen LogP) is 7.18. The van der Waals surface area contributed by atoms with Gasteiger partial charge in [0.2, 0.25) is 0 Å². The first-order chi connectivity index (χ1) is 14.4. The standard InChI is InChI=1S/C25H18BrFO3/c1-15-22(24-13-17(26)4-11-21(24)23(15)14-25(28)29)12-16-2-7-19(8-3-16)30-20-9-5-18(27)6-10-20/h2-13H,14H2,1H3,(H,28,29)/b22-12-. The van der Waals surface area contributed by atoms with Gasteiger partial charge in [-0.1, -0.05) is 34.1 Å². The van der Waals surface area contributed by atoms with Gasteiger partial charge < -0.3 is 9.84 Å². The van der Waals surface area contributed by atoms with Crippen molar-refractivity contribution in [2.45, 2.75) is 13.3 Å². The molecule has 0 bridgehead atoms. The number of allylic oxidation sites excluding steroid dienone is 2. The molecule has 0 amide bonds. The van der Waals surface area contributed by atoms with Crippen molar-refractivity contribution < 1.29 is 19.0 Å². The van der Waals surface area contributed by atoms with Gasteiger partial charge in [-0.25, -0.2) is 4.39 Å². The average molecular weight is 465 g/mol. The van der Waals surface area contributed by atoms with Crippen molar-refractivity contribution in [3.05, 3.63) is 99.3 Å². The number of carboxylic acids is 1. The minimum absolute atomic E-state index is 0.0117. The van der Waals surface area contributed by atoms with Crippen LogP contribution in [0.2, 0.25) is 0 Å². The molecule has 0 saturated carbocycles. The molecule has 0 fully saturated rings. The molecule has 0 aromatic heterocycles. The van der Waals surface area contributed by atoms with E-state index >= 15 is 0 Å². The van der Waals surface area contributed by atoms with Crippen LogP contribution in [0, 0.1) is 5.82 Å². The Bertz CT molecular complexity index is 1180. The number of halogens is 2. The fraction of sp³-hybridized carbons (Fsp3) is 0.0800. The Balaban J connectivity index is 1.65. The number of carboxylic acid groups (broad SMARTS) is 1. The summed E-state index contributed by atoms with van der Waals surface area (Å²) in [5.41, 5.74) is 5.77.